The summed E-state index contributed by atoms with van der Waals surface area (Å²) >= 11 is 6.29. The lowest BCUT2D eigenvalue weighted by molar-refractivity contribution is -0.322. The molecule has 3 aromatic rings. The van der Waals surface area contributed by atoms with Gasteiger partial charge in [-0.25, -0.2) is 4.98 Å². The first-order valence-electron chi connectivity index (χ1n) is 11.2. The van der Waals surface area contributed by atoms with E-state index in [9.17, 15) is 26.4 Å². The van der Waals surface area contributed by atoms with E-state index in [0.717, 1.165) is 30.1 Å². The van der Waals surface area contributed by atoms with Crippen molar-refractivity contribution in [2.45, 2.75) is 18.2 Å². The second kappa shape index (κ2) is 11.1. The van der Waals surface area contributed by atoms with Crippen LogP contribution < -0.4 is 14.1 Å². The predicted octanol–water partition coefficient (Wildman–Crippen LogP) is 4.84. The first-order chi connectivity index (χ1) is 18.0. The minimum absolute atomic E-state index is 0.0239. The number of carbonyl (C=O) groups excluding carboxylic acids is 1. The monoisotopic (exact) mass is 570 g/mol. The van der Waals surface area contributed by atoms with E-state index in [2.05, 4.69) is 14.7 Å². The average Bonchev–Trinajstić information content (AvgIpc) is 2.89. The van der Waals surface area contributed by atoms with E-state index in [0.29, 0.717) is 26.2 Å². The number of alkyl halides is 3. The molecule has 1 aromatic heterocycles. The van der Waals surface area contributed by atoms with Crippen molar-refractivity contribution in [1.29, 1.82) is 0 Å². The summed E-state index contributed by atoms with van der Waals surface area (Å²) in [6.07, 6.45) is -4.30. The van der Waals surface area contributed by atoms with Crippen molar-refractivity contribution in [2.75, 3.05) is 35.5 Å². The Bertz CT molecular complexity index is 1380. The standard InChI is InChI=1S/C24H22ClF3N4O5S/c1-17(33)30-13-15-31(16-14-30)18-7-9-19(10-8-18)36-23-22(25)21(11-12-29-23)32(37-24(26,27)28)38(34,35)20-5-3-2-4-6-20/h2-12H,13-16H2,1H3. The molecule has 9 nitrogen and oxygen atoms in total. The number of anilines is 2. The Labute approximate surface area is 221 Å². The summed E-state index contributed by atoms with van der Waals surface area (Å²) in [5.41, 5.74) is 0.241. The number of amides is 1. The Balaban J connectivity index is 1.58. The molecule has 0 spiro atoms. The predicted molar refractivity (Wildman–Crippen MR) is 133 cm³/mol. The van der Waals surface area contributed by atoms with Gasteiger partial charge in [-0.15, -0.1) is 17.6 Å². The van der Waals surface area contributed by atoms with Crippen molar-refractivity contribution in [3.8, 4) is 11.6 Å². The summed E-state index contributed by atoms with van der Waals surface area (Å²) in [7, 11) is -4.83. The van der Waals surface area contributed by atoms with Crippen LogP contribution in [0.3, 0.4) is 0 Å². The van der Waals surface area contributed by atoms with Crippen molar-refractivity contribution < 1.29 is 36.0 Å². The fraction of sp³-hybridized carbons (Fsp3) is 0.250. The molecule has 1 saturated heterocycles. The van der Waals surface area contributed by atoms with Crippen molar-refractivity contribution in [3.63, 3.8) is 0 Å². The van der Waals surface area contributed by atoms with Gasteiger partial charge in [-0.05, 0) is 42.5 Å². The molecule has 0 atom stereocenters. The van der Waals surface area contributed by atoms with Crippen LogP contribution in [0.15, 0.2) is 71.8 Å². The van der Waals surface area contributed by atoms with Crippen LogP contribution in [0, 0.1) is 0 Å². The van der Waals surface area contributed by atoms with Gasteiger partial charge < -0.3 is 14.5 Å². The number of aromatic nitrogens is 1. The normalized spacial score (nSPS) is 14.3. The Kier molecular flexibility index (Phi) is 7.99. The lowest BCUT2D eigenvalue weighted by Crippen LogP contribution is -2.48. The number of carbonyl (C=O) groups is 1. The van der Waals surface area contributed by atoms with Gasteiger partial charge in [0.15, 0.2) is 0 Å². The third-order valence-electron chi connectivity index (χ3n) is 5.62. The number of hydrogen-bond donors (Lipinski definition) is 0. The number of sulfonamides is 1. The molecule has 0 radical (unpaired) electrons. The van der Waals surface area contributed by atoms with Crippen LogP contribution in [0.4, 0.5) is 24.5 Å². The number of halogens is 4. The molecule has 0 bridgehead atoms. The Morgan fingerprint density at radius 1 is 1.00 bits per heavy atom. The third-order valence-corrected chi connectivity index (χ3v) is 7.55. The van der Waals surface area contributed by atoms with Crippen molar-refractivity contribution in [3.05, 3.63) is 71.9 Å². The van der Waals surface area contributed by atoms with E-state index in [-0.39, 0.29) is 22.0 Å². The van der Waals surface area contributed by atoms with Crippen LogP contribution in [-0.2, 0) is 19.7 Å². The SMILES string of the molecule is CC(=O)N1CCN(c2ccc(Oc3nccc(N(OC(F)(F)F)S(=O)(=O)c4ccccc4)c3Cl)cc2)CC1. The Morgan fingerprint density at radius 2 is 1.63 bits per heavy atom. The summed E-state index contributed by atoms with van der Waals surface area (Å²) < 4.78 is 71.1. The van der Waals surface area contributed by atoms with Crippen LogP contribution in [0.25, 0.3) is 0 Å². The van der Waals surface area contributed by atoms with Gasteiger partial charge in [0.2, 0.25) is 11.8 Å². The third kappa shape index (κ3) is 6.29. The summed E-state index contributed by atoms with van der Waals surface area (Å²) in [4.78, 5) is 22.8. The number of hydrogen-bond acceptors (Lipinski definition) is 7. The largest absolute Gasteiger partial charge is 0.544 e. The van der Waals surface area contributed by atoms with E-state index < -0.39 is 32.0 Å². The molecule has 14 heteroatoms. The number of rotatable bonds is 7. The highest BCUT2D eigenvalue weighted by molar-refractivity contribution is 7.92. The zero-order valence-electron chi connectivity index (χ0n) is 19.9. The second-order valence-corrected chi connectivity index (χ2v) is 10.3. The molecule has 0 saturated carbocycles. The quantitative estimate of drug-likeness (QED) is 0.375. The summed E-state index contributed by atoms with van der Waals surface area (Å²) in [6, 6.07) is 14.2. The van der Waals surface area contributed by atoms with Gasteiger partial charge in [0.05, 0.1) is 4.90 Å². The van der Waals surface area contributed by atoms with E-state index in [1.807, 2.05) is 0 Å². The molecule has 202 valence electrons. The Hall–Kier alpha value is -3.55. The van der Waals surface area contributed by atoms with Crippen molar-refractivity contribution in [1.82, 2.24) is 9.88 Å². The summed E-state index contributed by atoms with van der Waals surface area (Å²) in [5, 5.41) is -0.513. The molecule has 1 fully saturated rings. The molecular weight excluding hydrogens is 549 g/mol. The van der Waals surface area contributed by atoms with Gasteiger partial charge in [-0.2, -0.15) is 13.3 Å². The number of ether oxygens (including phenoxy) is 1. The molecule has 0 unspecified atom stereocenters. The van der Waals surface area contributed by atoms with Gasteiger partial charge >= 0.3 is 6.36 Å². The van der Waals surface area contributed by atoms with Gasteiger partial charge in [0, 0.05) is 45.0 Å². The van der Waals surface area contributed by atoms with Crippen LogP contribution in [0.2, 0.25) is 5.02 Å². The maximum absolute atomic E-state index is 13.2. The number of benzene rings is 2. The lowest BCUT2D eigenvalue weighted by Gasteiger charge is -2.35. The number of pyridine rings is 1. The molecule has 4 rings (SSSR count). The highest BCUT2D eigenvalue weighted by Crippen LogP contribution is 2.39. The molecule has 2 aromatic carbocycles. The van der Waals surface area contributed by atoms with Crippen LogP contribution >= 0.6 is 11.6 Å². The summed E-state index contributed by atoms with van der Waals surface area (Å²) in [5.74, 6) is -0.0429. The second-order valence-electron chi connectivity index (χ2n) is 8.12. The smallest absolute Gasteiger partial charge is 0.437 e. The highest BCUT2D eigenvalue weighted by atomic mass is 35.5. The molecule has 2 heterocycles. The fourth-order valence-electron chi connectivity index (χ4n) is 3.75. The van der Waals surface area contributed by atoms with Crippen molar-refractivity contribution >= 4 is 38.9 Å². The number of nitrogens with zero attached hydrogens (tertiary/aromatic N) is 4. The summed E-state index contributed by atoms with van der Waals surface area (Å²) in [6.45, 7) is 4.03. The molecule has 1 aliphatic rings. The molecule has 1 aliphatic heterocycles. The average molecular weight is 571 g/mol. The van der Waals surface area contributed by atoms with E-state index in [1.165, 1.54) is 25.1 Å². The first-order valence-corrected chi connectivity index (χ1v) is 13.1. The van der Waals surface area contributed by atoms with Gasteiger partial charge in [-0.1, -0.05) is 29.8 Å². The minimum atomic E-state index is -5.35. The fourth-order valence-corrected chi connectivity index (χ4v) is 5.32. The zero-order chi connectivity index (χ0) is 27.5. The van der Waals surface area contributed by atoms with E-state index in [4.69, 9.17) is 16.3 Å². The van der Waals surface area contributed by atoms with Gasteiger partial charge in [-0.3, -0.25) is 4.79 Å². The molecular formula is C24H22ClF3N4O5S. The van der Waals surface area contributed by atoms with Crippen LogP contribution in [0.5, 0.6) is 11.6 Å². The Morgan fingerprint density at radius 3 is 2.21 bits per heavy atom. The number of piperazine rings is 1. The molecule has 1 amide bonds. The van der Waals surface area contributed by atoms with Crippen LogP contribution in [0.1, 0.15) is 6.92 Å². The minimum Gasteiger partial charge on any atom is -0.437 e. The van der Waals surface area contributed by atoms with Gasteiger partial charge in [0.25, 0.3) is 10.0 Å². The van der Waals surface area contributed by atoms with Crippen molar-refractivity contribution in [2.24, 2.45) is 0 Å². The molecule has 0 N–H and O–H groups in total. The van der Waals surface area contributed by atoms with Crippen LogP contribution in [-0.4, -0.2) is 56.8 Å². The topological polar surface area (TPSA) is 92.3 Å². The highest BCUT2D eigenvalue weighted by Gasteiger charge is 2.41. The maximum atomic E-state index is 13.2. The first kappa shape index (κ1) is 27.5. The molecule has 38 heavy (non-hydrogen) atoms. The maximum Gasteiger partial charge on any atom is 0.544 e. The van der Waals surface area contributed by atoms with E-state index >= 15 is 0 Å². The molecule has 0 aliphatic carbocycles. The zero-order valence-corrected chi connectivity index (χ0v) is 21.5. The lowest BCUT2D eigenvalue weighted by atomic mass is 10.2. The van der Waals surface area contributed by atoms with Gasteiger partial charge in [0.1, 0.15) is 16.5 Å². The van der Waals surface area contributed by atoms with E-state index in [1.54, 1.807) is 29.2 Å².